The van der Waals surface area contributed by atoms with Crippen LogP contribution in [0.25, 0.3) is 16.9 Å². The van der Waals surface area contributed by atoms with Gasteiger partial charge in [-0.3, -0.25) is 14.9 Å². The van der Waals surface area contributed by atoms with Crippen molar-refractivity contribution in [1.82, 2.24) is 9.78 Å². The second-order valence-electron chi connectivity index (χ2n) is 8.15. The second-order valence-corrected chi connectivity index (χ2v) is 8.15. The minimum Gasteiger partial charge on any atom is -0.321 e. The van der Waals surface area contributed by atoms with Crippen LogP contribution in [0.5, 0.6) is 0 Å². The van der Waals surface area contributed by atoms with Crippen LogP contribution in [-0.4, -0.2) is 20.6 Å². The summed E-state index contributed by atoms with van der Waals surface area (Å²) in [5.41, 5.74) is 7.58. The van der Waals surface area contributed by atoms with Crippen molar-refractivity contribution in [3.05, 3.63) is 105 Å². The minimum absolute atomic E-state index is 0.0265. The van der Waals surface area contributed by atoms with Crippen LogP contribution in [0.2, 0.25) is 0 Å². The standard InChI is InChI=1S/C26H24N4O3/c1-16-5-7-20(13-18(16)3)24-15-25(26(31)27-21-8-6-17(2)19(4)14-21)29(28-24)22-9-11-23(12-10-22)30(32)33/h5-15H,1-4H3,(H,27,31). The average molecular weight is 441 g/mol. The van der Waals surface area contributed by atoms with Crippen molar-refractivity contribution in [2.24, 2.45) is 0 Å². The largest absolute Gasteiger partial charge is 0.321 e. The number of nitrogens with one attached hydrogen (secondary N) is 1. The molecule has 1 aromatic heterocycles. The maximum Gasteiger partial charge on any atom is 0.274 e. The van der Waals surface area contributed by atoms with E-state index < -0.39 is 4.92 Å². The van der Waals surface area contributed by atoms with Crippen molar-refractivity contribution in [1.29, 1.82) is 0 Å². The topological polar surface area (TPSA) is 90.1 Å². The molecule has 33 heavy (non-hydrogen) atoms. The fourth-order valence-corrected chi connectivity index (χ4v) is 3.51. The smallest absolute Gasteiger partial charge is 0.274 e. The quantitative estimate of drug-likeness (QED) is 0.307. The van der Waals surface area contributed by atoms with Gasteiger partial charge in [-0.1, -0.05) is 18.2 Å². The summed E-state index contributed by atoms with van der Waals surface area (Å²) in [5.74, 6) is -0.320. The average Bonchev–Trinajstić information content (AvgIpc) is 3.24. The SMILES string of the molecule is Cc1ccc(NC(=O)c2cc(-c3ccc(C)c(C)c3)nn2-c2ccc([N+](=O)[O-])cc2)cc1C. The number of non-ortho nitro benzene ring substituents is 1. The monoisotopic (exact) mass is 440 g/mol. The summed E-state index contributed by atoms with van der Waals surface area (Å²) >= 11 is 0. The van der Waals surface area contributed by atoms with Crippen LogP contribution in [-0.2, 0) is 0 Å². The van der Waals surface area contributed by atoms with Crippen LogP contribution in [0.15, 0.2) is 66.7 Å². The maximum atomic E-state index is 13.3. The number of benzene rings is 3. The first kappa shape index (κ1) is 22.0. The fraction of sp³-hybridized carbons (Fsp3) is 0.154. The van der Waals surface area contributed by atoms with Crippen LogP contribution in [0.3, 0.4) is 0 Å². The summed E-state index contributed by atoms with van der Waals surface area (Å²) in [6, 6.07) is 19.5. The highest BCUT2D eigenvalue weighted by Gasteiger charge is 2.19. The van der Waals surface area contributed by atoms with E-state index in [4.69, 9.17) is 0 Å². The number of hydrogen-bond donors (Lipinski definition) is 1. The first-order valence-corrected chi connectivity index (χ1v) is 10.5. The Labute approximate surface area is 191 Å². The molecule has 1 N–H and O–H groups in total. The predicted molar refractivity (Wildman–Crippen MR) is 129 cm³/mol. The molecule has 1 amide bonds. The van der Waals surface area contributed by atoms with E-state index in [0.29, 0.717) is 22.8 Å². The molecular weight excluding hydrogens is 416 g/mol. The summed E-state index contributed by atoms with van der Waals surface area (Å²) in [6.45, 7) is 8.07. The van der Waals surface area contributed by atoms with E-state index in [-0.39, 0.29) is 11.6 Å². The van der Waals surface area contributed by atoms with E-state index >= 15 is 0 Å². The molecule has 0 aliphatic heterocycles. The van der Waals surface area contributed by atoms with E-state index in [0.717, 1.165) is 22.3 Å². The number of nitro benzene ring substituents is 1. The number of carbonyl (C=O) groups excluding carboxylic acids is 1. The van der Waals surface area contributed by atoms with Crippen LogP contribution in [0.4, 0.5) is 11.4 Å². The normalized spacial score (nSPS) is 10.8. The number of aromatic nitrogens is 2. The first-order chi connectivity index (χ1) is 15.7. The summed E-state index contributed by atoms with van der Waals surface area (Å²) in [7, 11) is 0. The third-order valence-corrected chi connectivity index (χ3v) is 5.81. The Kier molecular flexibility index (Phi) is 5.79. The molecule has 0 radical (unpaired) electrons. The molecule has 0 saturated heterocycles. The van der Waals surface area contributed by atoms with E-state index in [1.54, 1.807) is 18.2 Å². The third-order valence-electron chi connectivity index (χ3n) is 5.81. The Balaban J connectivity index is 1.78. The lowest BCUT2D eigenvalue weighted by molar-refractivity contribution is -0.384. The number of amides is 1. The zero-order valence-electron chi connectivity index (χ0n) is 18.9. The van der Waals surface area contributed by atoms with Gasteiger partial charge in [-0.25, -0.2) is 4.68 Å². The van der Waals surface area contributed by atoms with Gasteiger partial charge >= 0.3 is 0 Å². The summed E-state index contributed by atoms with van der Waals surface area (Å²) in [6.07, 6.45) is 0. The number of rotatable bonds is 5. The molecule has 0 spiro atoms. The lowest BCUT2D eigenvalue weighted by Crippen LogP contribution is -2.17. The van der Waals surface area contributed by atoms with Gasteiger partial charge in [0.15, 0.2) is 0 Å². The summed E-state index contributed by atoms with van der Waals surface area (Å²) < 4.78 is 1.52. The number of carbonyl (C=O) groups is 1. The second kappa shape index (κ2) is 8.70. The summed E-state index contributed by atoms with van der Waals surface area (Å²) in [4.78, 5) is 23.9. The molecule has 7 nitrogen and oxygen atoms in total. The molecule has 3 aromatic carbocycles. The van der Waals surface area contributed by atoms with Gasteiger partial charge in [0, 0.05) is 23.4 Å². The highest BCUT2D eigenvalue weighted by Crippen LogP contribution is 2.26. The number of anilines is 1. The van der Waals surface area contributed by atoms with Gasteiger partial charge in [-0.2, -0.15) is 5.10 Å². The highest BCUT2D eigenvalue weighted by atomic mass is 16.6. The van der Waals surface area contributed by atoms with Crippen LogP contribution in [0.1, 0.15) is 32.7 Å². The highest BCUT2D eigenvalue weighted by molar-refractivity contribution is 6.04. The lowest BCUT2D eigenvalue weighted by atomic mass is 10.0. The lowest BCUT2D eigenvalue weighted by Gasteiger charge is -2.10. The predicted octanol–water partition coefficient (Wildman–Crippen LogP) is 5.93. The molecular formula is C26H24N4O3. The Morgan fingerprint density at radius 1 is 0.848 bits per heavy atom. The molecule has 0 atom stereocenters. The molecule has 4 rings (SSSR count). The first-order valence-electron chi connectivity index (χ1n) is 10.5. The minimum atomic E-state index is -0.458. The van der Waals surface area contributed by atoms with Crippen molar-refractivity contribution < 1.29 is 9.72 Å². The van der Waals surface area contributed by atoms with Gasteiger partial charge in [-0.15, -0.1) is 0 Å². The molecule has 4 aromatic rings. The van der Waals surface area contributed by atoms with Crippen molar-refractivity contribution in [2.45, 2.75) is 27.7 Å². The van der Waals surface area contributed by atoms with E-state index in [1.807, 2.05) is 64.1 Å². The summed E-state index contributed by atoms with van der Waals surface area (Å²) in [5, 5.41) is 18.7. The van der Waals surface area contributed by atoms with Gasteiger partial charge in [0.1, 0.15) is 5.69 Å². The molecule has 1 heterocycles. The molecule has 0 aliphatic rings. The molecule has 166 valence electrons. The zero-order chi connectivity index (χ0) is 23.7. The van der Waals surface area contributed by atoms with Crippen molar-refractivity contribution in [3.8, 4) is 16.9 Å². The molecule has 0 bridgehead atoms. The number of aryl methyl sites for hydroxylation is 4. The Hall–Kier alpha value is -4.26. The third kappa shape index (κ3) is 4.52. The van der Waals surface area contributed by atoms with Gasteiger partial charge < -0.3 is 5.32 Å². The van der Waals surface area contributed by atoms with E-state index in [9.17, 15) is 14.9 Å². The van der Waals surface area contributed by atoms with Gasteiger partial charge in [-0.05, 0) is 86.3 Å². The van der Waals surface area contributed by atoms with Crippen LogP contribution >= 0.6 is 0 Å². The Morgan fingerprint density at radius 2 is 1.48 bits per heavy atom. The van der Waals surface area contributed by atoms with E-state index in [2.05, 4.69) is 10.4 Å². The molecule has 0 saturated carbocycles. The molecule has 0 unspecified atom stereocenters. The Morgan fingerprint density at radius 3 is 2.09 bits per heavy atom. The number of nitro groups is 1. The fourth-order valence-electron chi connectivity index (χ4n) is 3.51. The number of hydrogen-bond acceptors (Lipinski definition) is 4. The van der Waals surface area contributed by atoms with Gasteiger partial charge in [0.05, 0.1) is 16.3 Å². The Bertz CT molecular complexity index is 1370. The van der Waals surface area contributed by atoms with Crippen LogP contribution < -0.4 is 5.32 Å². The zero-order valence-corrected chi connectivity index (χ0v) is 18.9. The van der Waals surface area contributed by atoms with E-state index in [1.165, 1.54) is 22.4 Å². The van der Waals surface area contributed by atoms with Crippen molar-refractivity contribution >= 4 is 17.3 Å². The van der Waals surface area contributed by atoms with Gasteiger partial charge in [0.2, 0.25) is 0 Å². The molecule has 0 fully saturated rings. The molecule has 0 aliphatic carbocycles. The number of nitrogens with zero attached hydrogens (tertiary/aromatic N) is 3. The van der Waals surface area contributed by atoms with Gasteiger partial charge in [0.25, 0.3) is 11.6 Å². The maximum absolute atomic E-state index is 13.3. The molecule has 7 heteroatoms. The van der Waals surface area contributed by atoms with Crippen molar-refractivity contribution in [2.75, 3.05) is 5.32 Å². The van der Waals surface area contributed by atoms with Crippen molar-refractivity contribution in [3.63, 3.8) is 0 Å². The van der Waals surface area contributed by atoms with Crippen LogP contribution in [0, 0.1) is 37.8 Å².